The number of carbonyl (C=O) groups excluding carboxylic acids is 1. The first kappa shape index (κ1) is 15.0. The molecule has 0 aliphatic rings. The molecule has 0 saturated heterocycles. The molecule has 0 bridgehead atoms. The number of nitrogens with one attached hydrogen (secondary N) is 1. The zero-order valence-electron chi connectivity index (χ0n) is 10.9. The third-order valence-corrected chi connectivity index (χ3v) is 2.98. The zero-order chi connectivity index (χ0) is 13.8. The fraction of sp³-hybridized carbons (Fsp3) is 0.385. The summed E-state index contributed by atoms with van der Waals surface area (Å²) in [4.78, 5) is 12.5. The van der Waals surface area contributed by atoms with E-state index in [4.69, 9.17) is 17.0 Å². The van der Waals surface area contributed by atoms with Crippen molar-refractivity contribution >= 4 is 34.4 Å². The fourth-order valence-corrected chi connectivity index (χ4v) is 2.12. The van der Waals surface area contributed by atoms with Crippen LogP contribution in [0.3, 0.4) is 0 Å². The molecule has 5 heteroatoms. The summed E-state index contributed by atoms with van der Waals surface area (Å²) >= 11 is 6.41. The fourth-order valence-electron chi connectivity index (χ4n) is 1.13. The lowest BCUT2D eigenvalue weighted by Crippen LogP contribution is -2.34. The van der Waals surface area contributed by atoms with Gasteiger partial charge in [-0.1, -0.05) is 41.7 Å². The molecule has 0 aromatic heterocycles. The molecule has 1 aromatic carbocycles. The Labute approximate surface area is 117 Å². The van der Waals surface area contributed by atoms with Crippen molar-refractivity contribution in [1.29, 1.82) is 0 Å². The van der Waals surface area contributed by atoms with Crippen molar-refractivity contribution in [2.75, 3.05) is 0 Å². The van der Waals surface area contributed by atoms with E-state index in [9.17, 15) is 4.79 Å². The monoisotopic (exact) mass is 283 g/mol. The van der Waals surface area contributed by atoms with E-state index in [-0.39, 0.29) is 0 Å². The van der Waals surface area contributed by atoms with Crippen molar-refractivity contribution in [3.8, 4) is 0 Å². The number of carbonyl (C=O) groups is 1. The number of amides is 1. The third kappa shape index (κ3) is 6.02. The Hall–Kier alpha value is -1.07. The first-order valence-corrected chi connectivity index (χ1v) is 6.77. The molecule has 0 heterocycles. The number of alkyl carbamates (subject to hydrolysis) is 1. The van der Waals surface area contributed by atoms with Gasteiger partial charge in [-0.15, -0.1) is 0 Å². The molecule has 0 spiro atoms. The Balaban J connectivity index is 2.47. The highest BCUT2D eigenvalue weighted by Gasteiger charge is 2.17. The van der Waals surface area contributed by atoms with Gasteiger partial charge < -0.3 is 4.74 Å². The average molecular weight is 283 g/mol. The van der Waals surface area contributed by atoms with Crippen LogP contribution < -0.4 is 5.32 Å². The summed E-state index contributed by atoms with van der Waals surface area (Å²) in [6.07, 6.45) is -0.521. The minimum Gasteiger partial charge on any atom is -0.444 e. The van der Waals surface area contributed by atoms with E-state index < -0.39 is 11.7 Å². The lowest BCUT2D eigenvalue weighted by Gasteiger charge is -2.19. The van der Waals surface area contributed by atoms with Gasteiger partial charge in [-0.25, -0.2) is 4.79 Å². The molecular formula is C13H17NO2S2. The molecule has 0 radical (unpaired) electrons. The Morgan fingerprint density at radius 3 is 2.33 bits per heavy atom. The van der Waals surface area contributed by atoms with Crippen LogP contribution in [0, 0.1) is 6.92 Å². The molecule has 0 aliphatic heterocycles. The van der Waals surface area contributed by atoms with E-state index in [1.807, 2.05) is 52.0 Å². The van der Waals surface area contributed by atoms with Crippen LogP contribution in [-0.4, -0.2) is 16.0 Å². The van der Waals surface area contributed by atoms with Gasteiger partial charge in [0.05, 0.1) is 0 Å². The van der Waals surface area contributed by atoms with Gasteiger partial charge >= 0.3 is 6.09 Å². The van der Waals surface area contributed by atoms with Crippen molar-refractivity contribution < 1.29 is 9.53 Å². The van der Waals surface area contributed by atoms with Gasteiger partial charge in [0.2, 0.25) is 0 Å². The van der Waals surface area contributed by atoms with Crippen molar-refractivity contribution in [1.82, 2.24) is 5.32 Å². The molecule has 98 valence electrons. The first-order valence-electron chi connectivity index (χ1n) is 5.55. The van der Waals surface area contributed by atoms with Crippen molar-refractivity contribution in [2.24, 2.45) is 0 Å². The molecule has 1 N–H and O–H groups in total. The topological polar surface area (TPSA) is 38.3 Å². The maximum atomic E-state index is 11.5. The molecule has 1 amide bonds. The second-order valence-corrected chi connectivity index (χ2v) is 6.58. The zero-order valence-corrected chi connectivity index (χ0v) is 12.6. The van der Waals surface area contributed by atoms with Gasteiger partial charge in [-0.2, -0.15) is 0 Å². The molecule has 0 atom stereocenters. The lowest BCUT2D eigenvalue weighted by atomic mass is 10.2. The highest BCUT2D eigenvalue weighted by Crippen LogP contribution is 2.19. The molecule has 0 fully saturated rings. The number of ether oxygens (including phenoxy) is 1. The summed E-state index contributed by atoms with van der Waals surface area (Å²) in [5, 5.41) is 2.53. The highest BCUT2D eigenvalue weighted by molar-refractivity contribution is 8.23. The van der Waals surface area contributed by atoms with Crippen molar-refractivity contribution in [2.45, 2.75) is 38.2 Å². The quantitative estimate of drug-likeness (QED) is 0.626. The van der Waals surface area contributed by atoms with Crippen LogP contribution in [0.25, 0.3) is 0 Å². The second-order valence-electron chi connectivity index (χ2n) is 4.83. The van der Waals surface area contributed by atoms with E-state index in [1.54, 1.807) is 0 Å². The predicted octanol–water partition coefficient (Wildman–Crippen LogP) is 3.90. The van der Waals surface area contributed by atoms with Crippen LogP contribution in [0.4, 0.5) is 4.79 Å². The third-order valence-electron chi connectivity index (χ3n) is 1.83. The SMILES string of the molecule is Cc1ccc(SC(=S)NC(=O)OC(C)(C)C)cc1. The summed E-state index contributed by atoms with van der Waals surface area (Å²) < 4.78 is 5.50. The standard InChI is InChI=1S/C13H17NO2S2/c1-9-5-7-10(8-6-9)18-12(17)14-11(15)16-13(2,3)4/h5-8H,1-4H3,(H,14,15,17). The predicted molar refractivity (Wildman–Crippen MR) is 79.0 cm³/mol. The summed E-state index contributed by atoms with van der Waals surface area (Å²) in [5.41, 5.74) is 0.666. The summed E-state index contributed by atoms with van der Waals surface area (Å²) in [7, 11) is 0. The largest absolute Gasteiger partial charge is 0.444 e. The normalized spacial score (nSPS) is 10.9. The van der Waals surface area contributed by atoms with Crippen molar-refractivity contribution in [3.05, 3.63) is 29.8 Å². The summed E-state index contributed by atoms with van der Waals surface area (Å²) in [6.45, 7) is 7.44. The van der Waals surface area contributed by atoms with E-state index in [0.717, 1.165) is 4.90 Å². The molecule has 0 aliphatic carbocycles. The van der Waals surface area contributed by atoms with Crippen LogP contribution in [0.5, 0.6) is 0 Å². The molecular weight excluding hydrogens is 266 g/mol. The number of thiocarbonyl (C=S) groups is 1. The smallest absolute Gasteiger partial charge is 0.413 e. The van der Waals surface area contributed by atoms with Gasteiger partial charge in [0.15, 0.2) is 0 Å². The number of benzene rings is 1. The summed E-state index contributed by atoms with van der Waals surface area (Å²) in [6, 6.07) is 7.92. The molecule has 18 heavy (non-hydrogen) atoms. The van der Waals surface area contributed by atoms with Gasteiger partial charge in [0.1, 0.15) is 9.92 Å². The van der Waals surface area contributed by atoms with E-state index in [2.05, 4.69) is 5.32 Å². The van der Waals surface area contributed by atoms with E-state index in [1.165, 1.54) is 17.3 Å². The number of aryl methyl sites for hydroxylation is 1. The van der Waals surface area contributed by atoms with Crippen molar-refractivity contribution in [3.63, 3.8) is 0 Å². The molecule has 3 nitrogen and oxygen atoms in total. The number of rotatable bonds is 1. The Morgan fingerprint density at radius 1 is 1.28 bits per heavy atom. The Kier molecular flexibility index (Phi) is 5.16. The van der Waals surface area contributed by atoms with E-state index in [0.29, 0.717) is 4.32 Å². The number of hydrogen-bond acceptors (Lipinski definition) is 4. The van der Waals surface area contributed by atoms with Gasteiger partial charge in [0, 0.05) is 4.90 Å². The van der Waals surface area contributed by atoms with Crippen LogP contribution in [-0.2, 0) is 4.74 Å². The van der Waals surface area contributed by atoms with Gasteiger partial charge in [-0.3, -0.25) is 5.32 Å². The molecule has 0 saturated carbocycles. The van der Waals surface area contributed by atoms with Crippen LogP contribution in [0.15, 0.2) is 29.2 Å². The van der Waals surface area contributed by atoms with Crippen LogP contribution in [0.2, 0.25) is 0 Å². The minimum absolute atomic E-state index is 0.383. The minimum atomic E-state index is -0.521. The summed E-state index contributed by atoms with van der Waals surface area (Å²) in [5.74, 6) is 0. The maximum Gasteiger partial charge on any atom is 0.413 e. The number of thioether (sulfide) groups is 1. The highest BCUT2D eigenvalue weighted by atomic mass is 32.2. The van der Waals surface area contributed by atoms with Crippen LogP contribution in [0.1, 0.15) is 26.3 Å². The lowest BCUT2D eigenvalue weighted by molar-refractivity contribution is 0.0565. The van der Waals surface area contributed by atoms with Crippen LogP contribution >= 0.6 is 24.0 Å². The number of hydrogen-bond donors (Lipinski definition) is 1. The van der Waals surface area contributed by atoms with Gasteiger partial charge in [0.25, 0.3) is 0 Å². The average Bonchev–Trinajstić information content (AvgIpc) is 2.18. The second kappa shape index (κ2) is 6.20. The van der Waals surface area contributed by atoms with E-state index >= 15 is 0 Å². The Bertz CT molecular complexity index is 435. The molecule has 1 rings (SSSR count). The first-order chi connectivity index (χ1) is 8.26. The molecule has 1 aromatic rings. The molecule has 0 unspecified atom stereocenters. The maximum absolute atomic E-state index is 11.5. The Morgan fingerprint density at radius 2 is 1.83 bits per heavy atom. The van der Waals surface area contributed by atoms with Gasteiger partial charge in [-0.05, 0) is 39.8 Å².